The summed E-state index contributed by atoms with van der Waals surface area (Å²) in [6.07, 6.45) is 0.312. The fraction of sp³-hybridized carbons (Fsp3) is 0.562. The van der Waals surface area contributed by atoms with Crippen LogP contribution in [0.2, 0.25) is 0 Å². The number of hydrogen-bond acceptors (Lipinski definition) is 7. The standard InChI is InChI=1S/C16H19NO5S/c1-3-20-14(18)16(15(19)21-4-2)8-10-9-22-17-13(10)12(16)11-6-5-7-23-11/h5-7,10,12H,3-4,8-9H2,1-2H3/t10-,12+/m1/s1. The summed E-state index contributed by atoms with van der Waals surface area (Å²) in [7, 11) is 0. The number of oxime groups is 1. The Morgan fingerprint density at radius 2 is 2.04 bits per heavy atom. The van der Waals surface area contributed by atoms with Crippen molar-refractivity contribution in [1.29, 1.82) is 0 Å². The molecule has 1 fully saturated rings. The molecule has 0 spiro atoms. The molecule has 0 bridgehead atoms. The van der Waals surface area contributed by atoms with Gasteiger partial charge in [0.25, 0.3) is 0 Å². The lowest BCUT2D eigenvalue weighted by molar-refractivity contribution is -0.173. The summed E-state index contributed by atoms with van der Waals surface area (Å²) >= 11 is 1.49. The summed E-state index contributed by atoms with van der Waals surface area (Å²) in [5.74, 6) is -1.60. The molecule has 0 radical (unpaired) electrons. The molecule has 1 aromatic rings. The van der Waals surface area contributed by atoms with Gasteiger partial charge in [0, 0.05) is 10.8 Å². The van der Waals surface area contributed by atoms with Gasteiger partial charge < -0.3 is 14.3 Å². The highest BCUT2D eigenvalue weighted by atomic mass is 32.1. The molecule has 0 unspecified atom stereocenters. The quantitative estimate of drug-likeness (QED) is 0.609. The van der Waals surface area contributed by atoms with E-state index in [0.29, 0.717) is 13.0 Å². The predicted octanol–water partition coefficient (Wildman–Crippen LogP) is 2.35. The first-order chi connectivity index (χ1) is 11.1. The van der Waals surface area contributed by atoms with Gasteiger partial charge in [-0.3, -0.25) is 9.59 Å². The minimum Gasteiger partial charge on any atom is -0.465 e. The molecule has 1 aromatic heterocycles. The van der Waals surface area contributed by atoms with Crippen LogP contribution in [0.1, 0.15) is 31.1 Å². The van der Waals surface area contributed by atoms with Crippen LogP contribution in [-0.4, -0.2) is 37.5 Å². The zero-order chi connectivity index (χ0) is 16.4. The molecular formula is C16H19NO5S. The zero-order valence-electron chi connectivity index (χ0n) is 13.1. The van der Waals surface area contributed by atoms with Gasteiger partial charge in [-0.1, -0.05) is 11.2 Å². The third-order valence-corrected chi connectivity index (χ3v) is 5.27. The number of ether oxygens (including phenoxy) is 2. The highest BCUT2D eigenvalue weighted by Gasteiger charge is 2.65. The maximum Gasteiger partial charge on any atom is 0.324 e. The van der Waals surface area contributed by atoms with E-state index in [2.05, 4.69) is 5.16 Å². The Kier molecular flexibility index (Phi) is 4.39. The van der Waals surface area contributed by atoms with Gasteiger partial charge in [-0.05, 0) is 31.7 Å². The van der Waals surface area contributed by atoms with Gasteiger partial charge in [-0.25, -0.2) is 0 Å². The normalized spacial score (nSPS) is 24.5. The van der Waals surface area contributed by atoms with Crippen LogP contribution in [0.5, 0.6) is 0 Å². The van der Waals surface area contributed by atoms with Gasteiger partial charge in [-0.15, -0.1) is 11.3 Å². The second-order valence-corrected chi connectivity index (χ2v) is 6.55. The summed E-state index contributed by atoms with van der Waals surface area (Å²) in [4.78, 5) is 31.7. The topological polar surface area (TPSA) is 74.2 Å². The molecule has 2 heterocycles. The number of carbonyl (C=O) groups excluding carboxylic acids is 2. The van der Waals surface area contributed by atoms with Crippen molar-refractivity contribution < 1.29 is 23.9 Å². The van der Waals surface area contributed by atoms with Crippen molar-refractivity contribution in [2.75, 3.05) is 19.8 Å². The Bertz CT molecular complexity index is 606. The van der Waals surface area contributed by atoms with E-state index in [1.807, 2.05) is 17.5 Å². The lowest BCUT2D eigenvalue weighted by Crippen LogP contribution is -2.45. The minimum atomic E-state index is -1.37. The molecular weight excluding hydrogens is 318 g/mol. The maximum absolute atomic E-state index is 12.8. The Balaban J connectivity index is 2.11. The lowest BCUT2D eigenvalue weighted by atomic mass is 9.76. The molecule has 0 amide bonds. The van der Waals surface area contributed by atoms with Crippen LogP contribution in [0.4, 0.5) is 0 Å². The van der Waals surface area contributed by atoms with Gasteiger partial charge in [0.15, 0.2) is 5.41 Å². The van der Waals surface area contributed by atoms with Gasteiger partial charge >= 0.3 is 11.9 Å². The van der Waals surface area contributed by atoms with Crippen molar-refractivity contribution in [3.8, 4) is 0 Å². The van der Waals surface area contributed by atoms with E-state index in [1.54, 1.807) is 13.8 Å². The number of hydrogen-bond donors (Lipinski definition) is 0. The average Bonchev–Trinajstić information content (AvgIpc) is 3.23. The second-order valence-electron chi connectivity index (χ2n) is 5.57. The van der Waals surface area contributed by atoms with E-state index in [0.717, 1.165) is 10.6 Å². The summed E-state index contributed by atoms with van der Waals surface area (Å²) in [6, 6.07) is 3.80. The number of nitrogens with zero attached hydrogens (tertiary/aromatic N) is 1. The van der Waals surface area contributed by atoms with E-state index in [4.69, 9.17) is 14.3 Å². The van der Waals surface area contributed by atoms with E-state index in [1.165, 1.54) is 11.3 Å². The third-order valence-electron chi connectivity index (χ3n) is 4.33. The van der Waals surface area contributed by atoms with E-state index in [9.17, 15) is 9.59 Å². The Morgan fingerprint density at radius 3 is 2.61 bits per heavy atom. The van der Waals surface area contributed by atoms with Gasteiger partial charge in [-0.2, -0.15) is 0 Å². The average molecular weight is 337 g/mol. The molecule has 1 saturated carbocycles. The Hall–Kier alpha value is -1.89. The highest BCUT2D eigenvalue weighted by molar-refractivity contribution is 7.10. The SMILES string of the molecule is CCOC(=O)C1(C(=O)OCC)C[C@@H]2CON=C2[C@@H]1c1cccs1. The summed E-state index contributed by atoms with van der Waals surface area (Å²) in [5.41, 5.74) is -0.627. The molecule has 1 aliphatic carbocycles. The monoisotopic (exact) mass is 337 g/mol. The Labute approximate surface area is 138 Å². The van der Waals surface area contributed by atoms with Crippen molar-refractivity contribution in [1.82, 2.24) is 0 Å². The molecule has 0 N–H and O–H groups in total. The van der Waals surface area contributed by atoms with Crippen LogP contribution < -0.4 is 0 Å². The van der Waals surface area contributed by atoms with E-state index < -0.39 is 23.3 Å². The first-order valence-electron chi connectivity index (χ1n) is 7.72. The largest absolute Gasteiger partial charge is 0.465 e. The molecule has 23 heavy (non-hydrogen) atoms. The van der Waals surface area contributed by atoms with Crippen LogP contribution in [-0.2, 0) is 23.9 Å². The maximum atomic E-state index is 12.8. The minimum absolute atomic E-state index is 0.0593. The molecule has 0 aromatic carbocycles. The highest BCUT2D eigenvalue weighted by Crippen LogP contribution is 2.54. The molecule has 1 aliphatic heterocycles. The number of fused-ring (bicyclic) bond motifs is 1. The second kappa shape index (κ2) is 6.31. The van der Waals surface area contributed by atoms with E-state index >= 15 is 0 Å². The lowest BCUT2D eigenvalue weighted by Gasteiger charge is -2.30. The van der Waals surface area contributed by atoms with Crippen molar-refractivity contribution in [2.24, 2.45) is 16.5 Å². The van der Waals surface area contributed by atoms with Crippen LogP contribution in [0.3, 0.4) is 0 Å². The van der Waals surface area contributed by atoms with Crippen LogP contribution >= 0.6 is 11.3 Å². The molecule has 2 aliphatic rings. The number of rotatable bonds is 5. The van der Waals surface area contributed by atoms with Crippen molar-refractivity contribution >= 4 is 29.0 Å². The van der Waals surface area contributed by atoms with Gasteiger partial charge in [0.2, 0.25) is 0 Å². The molecule has 2 atom stereocenters. The molecule has 124 valence electrons. The number of esters is 2. The summed E-state index contributed by atoms with van der Waals surface area (Å²) < 4.78 is 10.5. The molecule has 0 saturated heterocycles. The number of carbonyl (C=O) groups is 2. The van der Waals surface area contributed by atoms with Gasteiger partial charge in [0.1, 0.15) is 6.61 Å². The van der Waals surface area contributed by atoms with Crippen molar-refractivity contribution in [2.45, 2.75) is 26.2 Å². The zero-order valence-corrected chi connectivity index (χ0v) is 13.9. The fourth-order valence-electron chi connectivity index (χ4n) is 3.42. The van der Waals surface area contributed by atoms with Crippen LogP contribution in [0.15, 0.2) is 22.7 Å². The van der Waals surface area contributed by atoms with Crippen LogP contribution in [0, 0.1) is 11.3 Å². The Morgan fingerprint density at radius 1 is 1.35 bits per heavy atom. The van der Waals surface area contributed by atoms with Gasteiger partial charge in [0.05, 0.1) is 24.8 Å². The first kappa shape index (κ1) is 16.0. The fourth-order valence-corrected chi connectivity index (χ4v) is 4.35. The van der Waals surface area contributed by atoms with Crippen LogP contribution in [0.25, 0.3) is 0 Å². The predicted molar refractivity (Wildman–Crippen MR) is 84.3 cm³/mol. The smallest absolute Gasteiger partial charge is 0.324 e. The van der Waals surface area contributed by atoms with Crippen molar-refractivity contribution in [3.63, 3.8) is 0 Å². The first-order valence-corrected chi connectivity index (χ1v) is 8.60. The summed E-state index contributed by atoms with van der Waals surface area (Å²) in [6.45, 7) is 4.27. The molecule has 7 heteroatoms. The third kappa shape index (κ3) is 2.43. The van der Waals surface area contributed by atoms with Crippen molar-refractivity contribution in [3.05, 3.63) is 22.4 Å². The van der Waals surface area contributed by atoms with E-state index in [-0.39, 0.29) is 19.1 Å². The molecule has 3 rings (SSSR count). The molecule has 6 nitrogen and oxygen atoms in total. The summed E-state index contributed by atoms with van der Waals surface area (Å²) in [5, 5.41) is 6.04. The number of thiophene rings is 1.